The molecule has 1 aliphatic heterocycles. The van der Waals surface area contributed by atoms with Gasteiger partial charge in [-0.25, -0.2) is 0 Å². The van der Waals surface area contributed by atoms with Crippen molar-refractivity contribution in [2.45, 2.75) is 33.6 Å². The van der Waals surface area contributed by atoms with E-state index in [2.05, 4.69) is 32.7 Å². The fourth-order valence-electron chi connectivity index (χ4n) is 2.34. The van der Waals surface area contributed by atoms with Crippen molar-refractivity contribution in [2.75, 3.05) is 20.1 Å². The van der Waals surface area contributed by atoms with Crippen LogP contribution in [0.15, 0.2) is 0 Å². The van der Waals surface area contributed by atoms with Gasteiger partial charge in [-0.2, -0.15) is 0 Å². The van der Waals surface area contributed by atoms with Gasteiger partial charge in [0.25, 0.3) is 0 Å². The molecule has 1 rings (SSSR count). The zero-order valence-electron chi connectivity index (χ0n) is 8.35. The molecule has 0 aromatic heterocycles. The standard InChI is InChI=1S/C10H21N/c1-5-6-9-7-11(4)8-10(9,2)3/h9H,5-8H2,1-4H3. The molecule has 66 valence electrons. The van der Waals surface area contributed by atoms with Gasteiger partial charge in [0.05, 0.1) is 0 Å². The highest BCUT2D eigenvalue weighted by molar-refractivity contribution is 4.88. The van der Waals surface area contributed by atoms with Gasteiger partial charge in [-0.05, 0) is 24.8 Å². The number of rotatable bonds is 2. The van der Waals surface area contributed by atoms with E-state index in [1.54, 1.807) is 0 Å². The first-order chi connectivity index (χ1) is 5.06. The van der Waals surface area contributed by atoms with Crippen LogP contribution in [0.25, 0.3) is 0 Å². The first kappa shape index (κ1) is 9.05. The third kappa shape index (κ3) is 1.96. The Morgan fingerprint density at radius 1 is 1.45 bits per heavy atom. The Bertz CT molecular complexity index is 129. The fourth-order valence-corrected chi connectivity index (χ4v) is 2.34. The lowest BCUT2D eigenvalue weighted by atomic mass is 9.80. The second-order valence-corrected chi connectivity index (χ2v) is 4.67. The number of likely N-dealkylation sites (tertiary alicyclic amines) is 1. The van der Waals surface area contributed by atoms with Crippen LogP contribution in [-0.4, -0.2) is 25.0 Å². The van der Waals surface area contributed by atoms with Crippen molar-refractivity contribution in [2.24, 2.45) is 11.3 Å². The van der Waals surface area contributed by atoms with E-state index in [-0.39, 0.29) is 0 Å². The zero-order chi connectivity index (χ0) is 8.48. The fraction of sp³-hybridized carbons (Fsp3) is 1.00. The minimum atomic E-state index is 0.560. The van der Waals surface area contributed by atoms with Crippen LogP contribution in [0.5, 0.6) is 0 Å². The predicted molar refractivity (Wildman–Crippen MR) is 49.7 cm³/mol. The summed E-state index contributed by atoms with van der Waals surface area (Å²) in [7, 11) is 2.23. The molecule has 0 saturated carbocycles. The molecule has 0 spiro atoms. The van der Waals surface area contributed by atoms with E-state index in [1.165, 1.54) is 25.9 Å². The van der Waals surface area contributed by atoms with Crippen LogP contribution in [-0.2, 0) is 0 Å². The summed E-state index contributed by atoms with van der Waals surface area (Å²) in [5.74, 6) is 0.928. The largest absolute Gasteiger partial charge is 0.306 e. The molecule has 0 bridgehead atoms. The maximum atomic E-state index is 2.46. The lowest BCUT2D eigenvalue weighted by Crippen LogP contribution is -2.22. The van der Waals surface area contributed by atoms with Crippen molar-refractivity contribution in [1.29, 1.82) is 0 Å². The smallest absolute Gasteiger partial charge is 0.00329 e. The Balaban J connectivity index is 2.51. The van der Waals surface area contributed by atoms with Crippen LogP contribution >= 0.6 is 0 Å². The van der Waals surface area contributed by atoms with Crippen LogP contribution in [0.3, 0.4) is 0 Å². The molecule has 1 heterocycles. The summed E-state index contributed by atoms with van der Waals surface area (Å²) >= 11 is 0. The zero-order valence-corrected chi connectivity index (χ0v) is 8.35. The van der Waals surface area contributed by atoms with E-state index in [4.69, 9.17) is 0 Å². The molecule has 0 aromatic rings. The Hall–Kier alpha value is -0.0400. The molecule has 1 heteroatoms. The van der Waals surface area contributed by atoms with E-state index in [9.17, 15) is 0 Å². The molecular formula is C10H21N. The highest BCUT2D eigenvalue weighted by atomic mass is 15.1. The number of hydrogen-bond acceptors (Lipinski definition) is 1. The summed E-state index contributed by atoms with van der Waals surface area (Å²) in [6.07, 6.45) is 2.74. The lowest BCUT2D eigenvalue weighted by molar-refractivity contribution is 0.268. The highest BCUT2D eigenvalue weighted by Crippen LogP contribution is 2.36. The summed E-state index contributed by atoms with van der Waals surface area (Å²) in [6, 6.07) is 0. The van der Waals surface area contributed by atoms with Crippen LogP contribution < -0.4 is 0 Å². The highest BCUT2D eigenvalue weighted by Gasteiger charge is 2.36. The first-order valence-electron chi connectivity index (χ1n) is 4.75. The monoisotopic (exact) mass is 155 g/mol. The maximum absolute atomic E-state index is 2.46. The van der Waals surface area contributed by atoms with Crippen molar-refractivity contribution in [3.05, 3.63) is 0 Å². The second kappa shape index (κ2) is 3.14. The van der Waals surface area contributed by atoms with Gasteiger partial charge in [0.15, 0.2) is 0 Å². The topological polar surface area (TPSA) is 3.24 Å². The number of nitrogens with zero attached hydrogens (tertiary/aromatic N) is 1. The van der Waals surface area contributed by atoms with Gasteiger partial charge in [-0.3, -0.25) is 0 Å². The van der Waals surface area contributed by atoms with Gasteiger partial charge in [0, 0.05) is 13.1 Å². The third-order valence-corrected chi connectivity index (χ3v) is 2.95. The molecule has 0 amide bonds. The van der Waals surface area contributed by atoms with E-state index in [0.29, 0.717) is 5.41 Å². The maximum Gasteiger partial charge on any atom is 0.00329 e. The SMILES string of the molecule is CCCC1CN(C)CC1(C)C. The van der Waals surface area contributed by atoms with Gasteiger partial charge < -0.3 is 4.90 Å². The van der Waals surface area contributed by atoms with E-state index < -0.39 is 0 Å². The minimum absolute atomic E-state index is 0.560. The Labute approximate surface area is 70.8 Å². The summed E-state index contributed by atoms with van der Waals surface area (Å²) in [4.78, 5) is 2.46. The summed E-state index contributed by atoms with van der Waals surface area (Å²) in [6.45, 7) is 9.67. The van der Waals surface area contributed by atoms with Crippen LogP contribution in [0.1, 0.15) is 33.6 Å². The molecule has 0 N–H and O–H groups in total. The van der Waals surface area contributed by atoms with Gasteiger partial charge in [-0.1, -0.05) is 27.2 Å². The van der Waals surface area contributed by atoms with E-state index in [1.807, 2.05) is 0 Å². The quantitative estimate of drug-likeness (QED) is 0.592. The van der Waals surface area contributed by atoms with Crippen LogP contribution in [0, 0.1) is 11.3 Å². The van der Waals surface area contributed by atoms with Crippen molar-refractivity contribution in [3.8, 4) is 0 Å². The Morgan fingerprint density at radius 2 is 2.09 bits per heavy atom. The average molecular weight is 155 g/mol. The molecule has 1 aliphatic rings. The van der Waals surface area contributed by atoms with Gasteiger partial charge in [-0.15, -0.1) is 0 Å². The molecule has 1 atom stereocenters. The summed E-state index contributed by atoms with van der Waals surface area (Å²) in [5.41, 5.74) is 0.560. The summed E-state index contributed by atoms with van der Waals surface area (Å²) in [5, 5.41) is 0. The third-order valence-electron chi connectivity index (χ3n) is 2.95. The molecular weight excluding hydrogens is 134 g/mol. The van der Waals surface area contributed by atoms with Gasteiger partial charge >= 0.3 is 0 Å². The second-order valence-electron chi connectivity index (χ2n) is 4.67. The van der Waals surface area contributed by atoms with Crippen LogP contribution in [0.4, 0.5) is 0 Å². The molecule has 0 aromatic carbocycles. The first-order valence-corrected chi connectivity index (χ1v) is 4.75. The molecule has 1 saturated heterocycles. The van der Waals surface area contributed by atoms with E-state index >= 15 is 0 Å². The van der Waals surface area contributed by atoms with Gasteiger partial charge in [0.2, 0.25) is 0 Å². The Kier molecular flexibility index (Phi) is 2.58. The van der Waals surface area contributed by atoms with Crippen molar-refractivity contribution >= 4 is 0 Å². The molecule has 1 nitrogen and oxygen atoms in total. The molecule has 1 unspecified atom stereocenters. The van der Waals surface area contributed by atoms with Gasteiger partial charge in [0.1, 0.15) is 0 Å². The minimum Gasteiger partial charge on any atom is -0.306 e. The van der Waals surface area contributed by atoms with Crippen molar-refractivity contribution in [3.63, 3.8) is 0 Å². The summed E-state index contributed by atoms with van der Waals surface area (Å²) < 4.78 is 0. The molecule has 1 fully saturated rings. The van der Waals surface area contributed by atoms with E-state index in [0.717, 1.165) is 5.92 Å². The lowest BCUT2D eigenvalue weighted by Gasteiger charge is -2.25. The molecule has 11 heavy (non-hydrogen) atoms. The normalized spacial score (nSPS) is 31.1. The van der Waals surface area contributed by atoms with Crippen LogP contribution in [0.2, 0.25) is 0 Å². The molecule has 0 aliphatic carbocycles. The molecule has 0 radical (unpaired) electrons. The average Bonchev–Trinajstić information content (AvgIpc) is 2.07. The number of hydrogen-bond donors (Lipinski definition) is 0. The predicted octanol–water partition coefficient (Wildman–Crippen LogP) is 2.37. The van der Waals surface area contributed by atoms with Crippen molar-refractivity contribution in [1.82, 2.24) is 4.90 Å². The van der Waals surface area contributed by atoms with Crippen molar-refractivity contribution < 1.29 is 0 Å². The Morgan fingerprint density at radius 3 is 2.45 bits per heavy atom.